The highest BCUT2D eigenvalue weighted by atomic mass is 32.1. The highest BCUT2D eigenvalue weighted by Gasteiger charge is 2.16. The predicted octanol–water partition coefficient (Wildman–Crippen LogP) is 1.99. The number of rotatable bonds is 4. The maximum atomic E-state index is 5.84. The summed E-state index contributed by atoms with van der Waals surface area (Å²) >= 11 is 1.62. The van der Waals surface area contributed by atoms with Gasteiger partial charge in [0.2, 0.25) is 11.7 Å². The maximum absolute atomic E-state index is 5.84. The monoisotopic (exact) mass is 276 g/mol. The summed E-state index contributed by atoms with van der Waals surface area (Å²) in [5, 5.41) is 5.92. The summed E-state index contributed by atoms with van der Waals surface area (Å²) in [6.45, 7) is 0.337. The topological polar surface area (TPSA) is 87.1 Å². The minimum atomic E-state index is -0.412. The zero-order valence-electron chi connectivity index (χ0n) is 10.2. The fourth-order valence-electron chi connectivity index (χ4n) is 1.72. The van der Waals surface area contributed by atoms with Gasteiger partial charge in [-0.15, -0.1) is 11.3 Å². The third kappa shape index (κ3) is 2.35. The molecule has 0 bridgehead atoms. The van der Waals surface area contributed by atoms with E-state index in [9.17, 15) is 0 Å². The van der Waals surface area contributed by atoms with Crippen molar-refractivity contribution in [1.82, 2.24) is 15.1 Å². The van der Waals surface area contributed by atoms with Gasteiger partial charge in [-0.3, -0.25) is 4.98 Å². The van der Waals surface area contributed by atoms with E-state index in [2.05, 4.69) is 15.1 Å². The SMILES string of the molecule is COCC(N)c1nc(-c2cnc3ccsc3c2)no1. The lowest BCUT2D eigenvalue weighted by Gasteiger charge is -2.02. The summed E-state index contributed by atoms with van der Waals surface area (Å²) in [4.78, 5) is 8.61. The van der Waals surface area contributed by atoms with Crippen molar-refractivity contribution in [2.24, 2.45) is 5.73 Å². The van der Waals surface area contributed by atoms with Gasteiger partial charge in [-0.05, 0) is 17.5 Å². The van der Waals surface area contributed by atoms with Crippen LogP contribution < -0.4 is 5.73 Å². The molecule has 0 aromatic carbocycles. The van der Waals surface area contributed by atoms with Crippen LogP contribution in [0.3, 0.4) is 0 Å². The molecule has 1 atom stereocenters. The molecule has 7 heteroatoms. The lowest BCUT2D eigenvalue weighted by Crippen LogP contribution is -2.16. The number of hydrogen-bond donors (Lipinski definition) is 1. The predicted molar refractivity (Wildman–Crippen MR) is 71.7 cm³/mol. The Morgan fingerprint density at radius 1 is 1.53 bits per heavy atom. The molecule has 0 aliphatic carbocycles. The molecule has 0 radical (unpaired) electrons. The second-order valence-corrected chi connectivity index (χ2v) is 4.99. The first kappa shape index (κ1) is 12.2. The van der Waals surface area contributed by atoms with Crippen molar-refractivity contribution in [3.8, 4) is 11.4 Å². The number of pyridine rings is 1. The lowest BCUT2D eigenvalue weighted by molar-refractivity contribution is 0.166. The molecule has 0 aliphatic rings. The molecule has 0 amide bonds. The average molecular weight is 276 g/mol. The van der Waals surface area contributed by atoms with Crippen LogP contribution in [0.1, 0.15) is 11.9 Å². The van der Waals surface area contributed by atoms with Crippen LogP contribution in [-0.4, -0.2) is 28.8 Å². The fourth-order valence-corrected chi connectivity index (χ4v) is 2.50. The van der Waals surface area contributed by atoms with E-state index in [1.807, 2.05) is 17.5 Å². The number of nitrogens with two attached hydrogens (primary N) is 1. The summed E-state index contributed by atoms with van der Waals surface area (Å²) in [7, 11) is 1.58. The second-order valence-electron chi connectivity index (χ2n) is 4.05. The first-order chi connectivity index (χ1) is 9.28. The maximum Gasteiger partial charge on any atom is 0.246 e. The molecule has 6 nitrogen and oxygen atoms in total. The van der Waals surface area contributed by atoms with Crippen LogP contribution in [0, 0.1) is 0 Å². The van der Waals surface area contributed by atoms with Gasteiger partial charge < -0.3 is 15.0 Å². The highest BCUT2D eigenvalue weighted by Crippen LogP contribution is 2.24. The standard InChI is InChI=1S/C12H12N4O2S/c1-17-6-8(13)12-15-11(16-18-12)7-4-10-9(14-5-7)2-3-19-10/h2-5,8H,6,13H2,1H3. The molecule has 3 heterocycles. The van der Waals surface area contributed by atoms with E-state index >= 15 is 0 Å². The molecule has 19 heavy (non-hydrogen) atoms. The molecular weight excluding hydrogens is 264 g/mol. The van der Waals surface area contributed by atoms with Crippen LogP contribution in [-0.2, 0) is 4.74 Å². The van der Waals surface area contributed by atoms with Gasteiger partial charge in [-0.25, -0.2) is 0 Å². The first-order valence-corrected chi connectivity index (χ1v) is 6.57. The number of methoxy groups -OCH3 is 1. The van der Waals surface area contributed by atoms with Crippen molar-refractivity contribution in [3.05, 3.63) is 29.6 Å². The molecule has 0 fully saturated rings. The van der Waals surface area contributed by atoms with Crippen LogP contribution in [0.2, 0.25) is 0 Å². The highest BCUT2D eigenvalue weighted by molar-refractivity contribution is 7.17. The summed E-state index contributed by atoms with van der Waals surface area (Å²) in [6.07, 6.45) is 1.73. The minimum Gasteiger partial charge on any atom is -0.383 e. The van der Waals surface area contributed by atoms with E-state index in [-0.39, 0.29) is 0 Å². The Labute approximate surface area is 113 Å². The van der Waals surface area contributed by atoms with Gasteiger partial charge in [0.1, 0.15) is 6.04 Å². The first-order valence-electron chi connectivity index (χ1n) is 5.69. The van der Waals surface area contributed by atoms with Crippen LogP contribution in [0.25, 0.3) is 21.6 Å². The fraction of sp³-hybridized carbons (Fsp3) is 0.250. The van der Waals surface area contributed by atoms with E-state index in [1.54, 1.807) is 24.6 Å². The van der Waals surface area contributed by atoms with Gasteiger partial charge >= 0.3 is 0 Å². The number of fused-ring (bicyclic) bond motifs is 1. The Morgan fingerprint density at radius 2 is 2.42 bits per heavy atom. The van der Waals surface area contributed by atoms with Crippen molar-refractivity contribution >= 4 is 21.6 Å². The Bertz CT molecular complexity index is 694. The van der Waals surface area contributed by atoms with E-state index in [1.165, 1.54) is 0 Å². The van der Waals surface area contributed by atoms with Gasteiger partial charge in [0, 0.05) is 18.9 Å². The number of nitrogens with zero attached hydrogens (tertiary/aromatic N) is 3. The van der Waals surface area contributed by atoms with Crippen LogP contribution in [0.15, 0.2) is 28.2 Å². The molecule has 1 unspecified atom stereocenters. The number of aromatic nitrogens is 3. The molecule has 0 spiro atoms. The summed E-state index contributed by atoms with van der Waals surface area (Å²) in [5.41, 5.74) is 7.62. The van der Waals surface area contributed by atoms with Gasteiger partial charge in [-0.2, -0.15) is 4.98 Å². The normalized spacial score (nSPS) is 12.9. The van der Waals surface area contributed by atoms with Crippen LogP contribution in [0.4, 0.5) is 0 Å². The van der Waals surface area contributed by atoms with E-state index in [0.29, 0.717) is 18.3 Å². The molecule has 0 saturated carbocycles. The zero-order chi connectivity index (χ0) is 13.2. The van der Waals surface area contributed by atoms with Crippen molar-refractivity contribution in [3.63, 3.8) is 0 Å². The third-order valence-electron chi connectivity index (χ3n) is 2.67. The van der Waals surface area contributed by atoms with Crippen molar-refractivity contribution in [2.45, 2.75) is 6.04 Å². The van der Waals surface area contributed by atoms with Crippen molar-refractivity contribution < 1.29 is 9.26 Å². The lowest BCUT2D eigenvalue weighted by atomic mass is 10.2. The summed E-state index contributed by atoms with van der Waals surface area (Å²) < 4.78 is 11.2. The molecule has 0 saturated heterocycles. The number of thiophene rings is 1. The molecular formula is C12H12N4O2S. The minimum absolute atomic E-state index is 0.337. The smallest absolute Gasteiger partial charge is 0.246 e. The molecule has 98 valence electrons. The Balaban J connectivity index is 1.93. The largest absolute Gasteiger partial charge is 0.383 e. The van der Waals surface area contributed by atoms with Gasteiger partial charge in [0.15, 0.2) is 0 Å². The van der Waals surface area contributed by atoms with Crippen LogP contribution >= 0.6 is 11.3 Å². The second kappa shape index (κ2) is 5.04. The zero-order valence-corrected chi connectivity index (χ0v) is 11.1. The molecule has 0 aliphatic heterocycles. The van der Waals surface area contributed by atoms with Crippen LogP contribution in [0.5, 0.6) is 0 Å². The Kier molecular flexibility index (Phi) is 3.24. The van der Waals surface area contributed by atoms with E-state index in [0.717, 1.165) is 15.8 Å². The van der Waals surface area contributed by atoms with Gasteiger partial charge in [0.05, 0.1) is 16.8 Å². The van der Waals surface area contributed by atoms with Gasteiger partial charge in [0.25, 0.3) is 0 Å². The summed E-state index contributed by atoms with van der Waals surface area (Å²) in [6, 6.07) is 3.55. The molecule has 2 N–H and O–H groups in total. The summed E-state index contributed by atoms with van der Waals surface area (Å²) in [5.74, 6) is 0.854. The third-order valence-corrected chi connectivity index (χ3v) is 3.52. The van der Waals surface area contributed by atoms with Crippen molar-refractivity contribution in [2.75, 3.05) is 13.7 Å². The average Bonchev–Trinajstić information content (AvgIpc) is 3.07. The van der Waals surface area contributed by atoms with Crippen molar-refractivity contribution in [1.29, 1.82) is 0 Å². The Morgan fingerprint density at radius 3 is 3.26 bits per heavy atom. The van der Waals surface area contributed by atoms with Gasteiger partial charge in [-0.1, -0.05) is 5.16 Å². The number of hydrogen-bond acceptors (Lipinski definition) is 7. The Hall–Kier alpha value is -1.83. The quantitative estimate of drug-likeness (QED) is 0.784. The molecule has 3 aromatic rings. The van der Waals surface area contributed by atoms with E-state index < -0.39 is 6.04 Å². The molecule has 3 rings (SSSR count). The van der Waals surface area contributed by atoms with E-state index in [4.69, 9.17) is 15.0 Å². The number of ether oxygens (including phenoxy) is 1. The molecule has 3 aromatic heterocycles.